The van der Waals surface area contributed by atoms with Crippen LogP contribution in [0.2, 0.25) is 0 Å². The number of benzene rings is 1. The van der Waals surface area contributed by atoms with Gasteiger partial charge in [-0.2, -0.15) is 0 Å². The number of carbonyl (C=O) groups is 2. The van der Waals surface area contributed by atoms with Crippen molar-refractivity contribution in [2.75, 3.05) is 0 Å². The Morgan fingerprint density at radius 2 is 2.16 bits per heavy atom. The Kier molecular flexibility index (Phi) is 4.30. The maximum absolute atomic E-state index is 14.2. The Hall–Kier alpha value is -3.10. The van der Waals surface area contributed by atoms with Gasteiger partial charge in [-0.15, -0.1) is 0 Å². The third kappa shape index (κ3) is 3.25. The number of oxazole rings is 1. The van der Waals surface area contributed by atoms with Crippen molar-refractivity contribution >= 4 is 12.1 Å². The summed E-state index contributed by atoms with van der Waals surface area (Å²) in [6.45, 7) is 1.55. The van der Waals surface area contributed by atoms with Crippen molar-refractivity contribution in [2.24, 2.45) is 0 Å². The lowest BCUT2D eigenvalue weighted by Crippen LogP contribution is -2.48. The van der Waals surface area contributed by atoms with Crippen LogP contribution in [0.15, 0.2) is 22.9 Å². The molecule has 2 aromatic rings. The van der Waals surface area contributed by atoms with Gasteiger partial charge < -0.3 is 19.4 Å². The third-order valence-corrected chi connectivity index (χ3v) is 4.12. The standard InChI is InChI=1S/C16H15FN2O6/c1-8-14(25-7-18-8)6-24-13-4-10-5-19(16(22)23)12(15(20)21)3-9(10)2-11(13)17/h2,4,7,12H,3,5-6H2,1H3,(H,20,21)(H,22,23). The van der Waals surface area contributed by atoms with E-state index in [1.165, 1.54) is 18.5 Å². The van der Waals surface area contributed by atoms with Crippen LogP contribution in [0.25, 0.3) is 0 Å². The van der Waals surface area contributed by atoms with Crippen molar-refractivity contribution in [1.82, 2.24) is 9.88 Å². The van der Waals surface area contributed by atoms with Gasteiger partial charge in [0, 0.05) is 6.42 Å². The minimum absolute atomic E-state index is 0.0259. The van der Waals surface area contributed by atoms with E-state index >= 15 is 0 Å². The molecule has 0 saturated heterocycles. The van der Waals surface area contributed by atoms with Gasteiger partial charge in [-0.1, -0.05) is 0 Å². The van der Waals surface area contributed by atoms with Crippen LogP contribution in [0, 0.1) is 12.7 Å². The topological polar surface area (TPSA) is 113 Å². The third-order valence-electron chi connectivity index (χ3n) is 4.12. The normalized spacial score (nSPS) is 16.4. The fourth-order valence-corrected chi connectivity index (χ4v) is 2.73. The van der Waals surface area contributed by atoms with Crippen LogP contribution in [-0.4, -0.2) is 38.2 Å². The molecule has 2 heterocycles. The number of rotatable bonds is 4. The molecule has 0 fully saturated rings. The Morgan fingerprint density at radius 3 is 2.76 bits per heavy atom. The summed E-state index contributed by atoms with van der Waals surface area (Å²) in [5, 5.41) is 18.4. The van der Waals surface area contributed by atoms with Crippen molar-refractivity contribution in [1.29, 1.82) is 0 Å². The lowest BCUT2D eigenvalue weighted by Gasteiger charge is -2.32. The molecule has 0 bridgehead atoms. The summed E-state index contributed by atoms with van der Waals surface area (Å²) in [6.07, 6.45) is -0.189. The molecule has 1 unspecified atom stereocenters. The first-order valence-electron chi connectivity index (χ1n) is 7.42. The fourth-order valence-electron chi connectivity index (χ4n) is 2.73. The lowest BCUT2D eigenvalue weighted by atomic mass is 9.94. The minimum atomic E-state index is -1.35. The molecule has 3 rings (SSSR count). The van der Waals surface area contributed by atoms with E-state index in [4.69, 9.17) is 9.15 Å². The number of hydrogen-bond acceptors (Lipinski definition) is 5. The van der Waals surface area contributed by atoms with Gasteiger partial charge in [0.1, 0.15) is 12.6 Å². The minimum Gasteiger partial charge on any atom is -0.482 e. The monoisotopic (exact) mass is 350 g/mol. The number of hydrogen-bond donors (Lipinski definition) is 2. The lowest BCUT2D eigenvalue weighted by molar-refractivity contribution is -0.143. The summed E-state index contributed by atoms with van der Waals surface area (Å²) in [6, 6.07) is 1.34. The van der Waals surface area contributed by atoms with Gasteiger partial charge in [-0.05, 0) is 30.2 Å². The Bertz CT molecular complexity index is 834. The predicted molar refractivity (Wildman–Crippen MR) is 80.7 cm³/mol. The van der Waals surface area contributed by atoms with E-state index in [9.17, 15) is 24.2 Å². The summed E-state index contributed by atoms with van der Waals surface area (Å²) >= 11 is 0. The number of carboxylic acid groups (broad SMARTS) is 2. The number of aromatic nitrogens is 1. The van der Waals surface area contributed by atoms with E-state index in [0.29, 0.717) is 22.6 Å². The largest absolute Gasteiger partial charge is 0.482 e. The molecule has 1 amide bonds. The molecular formula is C16H15FN2O6. The number of halogens is 1. The van der Waals surface area contributed by atoms with E-state index in [1.807, 2.05) is 0 Å². The van der Waals surface area contributed by atoms with Gasteiger partial charge >= 0.3 is 12.1 Å². The first-order valence-corrected chi connectivity index (χ1v) is 7.42. The maximum Gasteiger partial charge on any atom is 0.408 e. The molecule has 1 aliphatic heterocycles. The average Bonchev–Trinajstić information content (AvgIpc) is 2.96. The molecule has 9 heteroatoms. The molecule has 25 heavy (non-hydrogen) atoms. The Balaban J connectivity index is 1.85. The molecule has 0 aliphatic carbocycles. The molecule has 1 aromatic heterocycles. The number of aliphatic carboxylic acids is 1. The summed E-state index contributed by atoms with van der Waals surface area (Å²) in [5.74, 6) is -1.53. The summed E-state index contributed by atoms with van der Waals surface area (Å²) in [5.41, 5.74) is 1.58. The van der Waals surface area contributed by atoms with Crippen LogP contribution in [0.5, 0.6) is 5.75 Å². The van der Waals surface area contributed by atoms with Crippen molar-refractivity contribution in [2.45, 2.75) is 32.5 Å². The molecule has 8 nitrogen and oxygen atoms in total. The number of nitrogens with zero attached hydrogens (tertiary/aromatic N) is 2. The summed E-state index contributed by atoms with van der Waals surface area (Å²) < 4.78 is 24.8. The summed E-state index contributed by atoms with van der Waals surface area (Å²) in [7, 11) is 0. The number of aryl methyl sites for hydroxylation is 1. The molecule has 1 aromatic carbocycles. The molecule has 1 atom stereocenters. The Labute approximate surface area is 141 Å². The molecule has 1 aliphatic rings. The number of amides is 1. The predicted octanol–water partition coefficient (Wildman–Crippen LogP) is 2.19. The molecule has 2 N–H and O–H groups in total. The van der Waals surface area contributed by atoms with E-state index in [2.05, 4.69) is 4.98 Å². The SMILES string of the molecule is Cc1ncoc1COc1cc2c(cc1F)CC(C(=O)O)N(C(=O)O)C2. The van der Waals surface area contributed by atoms with Crippen molar-refractivity contribution < 1.29 is 33.3 Å². The highest BCUT2D eigenvalue weighted by molar-refractivity contribution is 5.80. The fraction of sp³-hybridized carbons (Fsp3) is 0.312. The second-order valence-electron chi connectivity index (χ2n) is 5.67. The zero-order valence-electron chi connectivity index (χ0n) is 13.2. The molecule has 0 radical (unpaired) electrons. The van der Waals surface area contributed by atoms with Gasteiger partial charge in [0.15, 0.2) is 23.7 Å². The van der Waals surface area contributed by atoms with Crippen molar-refractivity contribution in [3.8, 4) is 5.75 Å². The van der Waals surface area contributed by atoms with E-state index in [-0.39, 0.29) is 25.3 Å². The molecular weight excluding hydrogens is 335 g/mol. The van der Waals surface area contributed by atoms with Crippen molar-refractivity contribution in [3.05, 3.63) is 46.9 Å². The van der Waals surface area contributed by atoms with E-state index < -0.39 is 23.9 Å². The van der Waals surface area contributed by atoms with Crippen molar-refractivity contribution in [3.63, 3.8) is 0 Å². The van der Waals surface area contributed by atoms with Crippen LogP contribution >= 0.6 is 0 Å². The number of ether oxygens (including phenoxy) is 1. The van der Waals surface area contributed by atoms with Gasteiger partial charge in [0.2, 0.25) is 0 Å². The first kappa shape index (κ1) is 16.7. The molecule has 132 valence electrons. The second-order valence-corrected chi connectivity index (χ2v) is 5.67. The molecule has 0 spiro atoms. The van der Waals surface area contributed by atoms with Crippen LogP contribution in [-0.2, 0) is 24.4 Å². The highest BCUT2D eigenvalue weighted by Gasteiger charge is 2.35. The van der Waals surface area contributed by atoms with Gasteiger partial charge in [0.05, 0.1) is 12.2 Å². The smallest absolute Gasteiger partial charge is 0.408 e. The zero-order chi connectivity index (χ0) is 18.1. The van der Waals surface area contributed by atoms with Gasteiger partial charge in [0.25, 0.3) is 0 Å². The zero-order valence-corrected chi connectivity index (χ0v) is 13.2. The average molecular weight is 350 g/mol. The highest BCUT2D eigenvalue weighted by Crippen LogP contribution is 2.30. The first-order chi connectivity index (χ1) is 11.9. The number of carboxylic acids is 1. The summed E-state index contributed by atoms with van der Waals surface area (Å²) in [4.78, 5) is 27.3. The van der Waals surface area contributed by atoms with Crippen LogP contribution in [0.3, 0.4) is 0 Å². The van der Waals surface area contributed by atoms with E-state index in [0.717, 1.165) is 4.90 Å². The number of fused-ring (bicyclic) bond motifs is 1. The maximum atomic E-state index is 14.2. The quantitative estimate of drug-likeness (QED) is 0.869. The molecule has 0 saturated carbocycles. The van der Waals surface area contributed by atoms with Crippen LogP contribution < -0.4 is 4.74 Å². The van der Waals surface area contributed by atoms with Gasteiger partial charge in [-0.25, -0.2) is 19.0 Å². The Morgan fingerprint density at radius 1 is 1.40 bits per heavy atom. The highest BCUT2D eigenvalue weighted by atomic mass is 19.1. The van der Waals surface area contributed by atoms with Gasteiger partial charge in [-0.3, -0.25) is 4.90 Å². The van der Waals surface area contributed by atoms with Crippen LogP contribution in [0.1, 0.15) is 22.6 Å². The van der Waals surface area contributed by atoms with E-state index in [1.54, 1.807) is 6.92 Å². The van der Waals surface area contributed by atoms with Crippen LogP contribution in [0.4, 0.5) is 9.18 Å². The second kappa shape index (κ2) is 6.42.